The number of rotatable bonds is 3. The number of nitrogens with zero attached hydrogens (tertiary/aromatic N) is 4. The third kappa shape index (κ3) is 3.26. The van der Waals surface area contributed by atoms with Gasteiger partial charge in [-0.2, -0.15) is 0 Å². The summed E-state index contributed by atoms with van der Waals surface area (Å²) in [6, 6.07) is 18.1. The number of benzene rings is 3. The van der Waals surface area contributed by atoms with E-state index in [0.29, 0.717) is 11.4 Å². The van der Waals surface area contributed by atoms with Crippen LogP contribution in [-0.2, 0) is 0 Å². The number of hydrogen-bond donors (Lipinski definition) is 0. The molecule has 0 amide bonds. The van der Waals surface area contributed by atoms with Gasteiger partial charge < -0.3 is 4.57 Å². The standard InChI is InChI=1S/C26H20N4/c1-17-13-21(14-18(2)24(17)28-5)22-15-19(3)25(23(16-22)27-4)30-12-11-29-26(30)20-9-7-6-8-10-20/h6-16H,1-3H3. The van der Waals surface area contributed by atoms with Gasteiger partial charge in [0.15, 0.2) is 5.69 Å². The van der Waals surface area contributed by atoms with E-state index < -0.39 is 0 Å². The monoisotopic (exact) mass is 388 g/mol. The molecule has 144 valence electrons. The number of imidazole rings is 1. The lowest BCUT2D eigenvalue weighted by atomic mass is 9.96. The van der Waals surface area contributed by atoms with Gasteiger partial charge in [-0.25, -0.2) is 14.7 Å². The lowest BCUT2D eigenvalue weighted by Crippen LogP contribution is -2.00. The molecule has 4 aromatic rings. The van der Waals surface area contributed by atoms with Gasteiger partial charge in [0.2, 0.25) is 5.69 Å². The predicted octanol–water partition coefficient (Wildman–Crippen LogP) is 7.23. The molecule has 30 heavy (non-hydrogen) atoms. The largest absolute Gasteiger partial charge is 0.310 e. The molecule has 4 heteroatoms. The molecule has 4 rings (SSSR count). The molecule has 0 aliphatic rings. The molecule has 0 bridgehead atoms. The Labute approximate surface area is 176 Å². The summed E-state index contributed by atoms with van der Waals surface area (Å²) >= 11 is 0. The van der Waals surface area contributed by atoms with Crippen LogP contribution in [0.3, 0.4) is 0 Å². The van der Waals surface area contributed by atoms with Gasteiger partial charge in [-0.1, -0.05) is 48.5 Å². The summed E-state index contributed by atoms with van der Waals surface area (Å²) in [4.78, 5) is 12.0. The van der Waals surface area contributed by atoms with E-state index in [-0.39, 0.29) is 0 Å². The van der Waals surface area contributed by atoms with Gasteiger partial charge in [-0.3, -0.25) is 0 Å². The minimum atomic E-state index is 0.574. The number of aryl methyl sites for hydroxylation is 3. The van der Waals surface area contributed by atoms with Crippen LogP contribution in [0.4, 0.5) is 11.4 Å². The van der Waals surface area contributed by atoms with E-state index in [2.05, 4.69) is 20.7 Å². The maximum atomic E-state index is 7.82. The van der Waals surface area contributed by atoms with E-state index in [1.165, 1.54) is 0 Å². The average Bonchev–Trinajstić information content (AvgIpc) is 3.22. The van der Waals surface area contributed by atoms with Crippen LogP contribution in [0.25, 0.3) is 37.9 Å². The fourth-order valence-electron chi connectivity index (χ4n) is 3.91. The number of aromatic nitrogens is 2. The Morgan fingerprint density at radius 2 is 1.40 bits per heavy atom. The zero-order valence-corrected chi connectivity index (χ0v) is 17.1. The maximum absolute atomic E-state index is 7.82. The molecule has 0 aliphatic heterocycles. The molecule has 1 aromatic heterocycles. The molecule has 1 heterocycles. The van der Waals surface area contributed by atoms with Crippen molar-refractivity contribution in [2.45, 2.75) is 20.8 Å². The highest BCUT2D eigenvalue weighted by atomic mass is 15.1. The second-order valence-electron chi connectivity index (χ2n) is 7.33. The van der Waals surface area contributed by atoms with Gasteiger partial charge in [0.05, 0.1) is 18.8 Å². The molecular formula is C26H20N4. The summed E-state index contributed by atoms with van der Waals surface area (Å²) in [5.41, 5.74) is 8.02. The molecule has 0 saturated carbocycles. The molecule has 0 unspecified atom stereocenters. The first-order valence-corrected chi connectivity index (χ1v) is 9.64. The summed E-state index contributed by atoms with van der Waals surface area (Å²) < 4.78 is 1.99. The molecule has 4 nitrogen and oxygen atoms in total. The van der Waals surface area contributed by atoms with Crippen LogP contribution in [0.1, 0.15) is 16.7 Å². The minimum Gasteiger partial charge on any atom is -0.310 e. The molecule has 0 spiro atoms. The van der Waals surface area contributed by atoms with Crippen molar-refractivity contribution in [1.82, 2.24) is 9.55 Å². The smallest absolute Gasteiger partial charge is 0.211 e. The van der Waals surface area contributed by atoms with Crippen molar-refractivity contribution < 1.29 is 0 Å². The number of hydrogen-bond acceptors (Lipinski definition) is 1. The molecule has 0 fully saturated rings. The van der Waals surface area contributed by atoms with E-state index in [9.17, 15) is 0 Å². The van der Waals surface area contributed by atoms with Gasteiger partial charge in [-0.05, 0) is 54.7 Å². The van der Waals surface area contributed by atoms with Crippen molar-refractivity contribution in [3.63, 3.8) is 0 Å². The quantitative estimate of drug-likeness (QED) is 0.340. The van der Waals surface area contributed by atoms with Crippen molar-refractivity contribution in [2.75, 3.05) is 0 Å². The maximum Gasteiger partial charge on any atom is 0.211 e. The van der Waals surface area contributed by atoms with Crippen LogP contribution >= 0.6 is 0 Å². The van der Waals surface area contributed by atoms with E-state index in [1.54, 1.807) is 6.20 Å². The third-order valence-electron chi connectivity index (χ3n) is 5.25. The lowest BCUT2D eigenvalue weighted by molar-refractivity contribution is 1.06. The molecular weight excluding hydrogens is 368 g/mol. The van der Waals surface area contributed by atoms with Crippen LogP contribution < -0.4 is 0 Å². The highest BCUT2D eigenvalue weighted by Crippen LogP contribution is 2.37. The van der Waals surface area contributed by atoms with Crippen LogP contribution in [0.5, 0.6) is 0 Å². The van der Waals surface area contributed by atoms with Gasteiger partial charge in [-0.15, -0.1) is 0 Å². The Hall–Kier alpha value is -4.15. The van der Waals surface area contributed by atoms with Gasteiger partial charge in [0.1, 0.15) is 5.82 Å². The summed E-state index contributed by atoms with van der Waals surface area (Å²) in [7, 11) is 0. The van der Waals surface area contributed by atoms with E-state index in [4.69, 9.17) is 13.1 Å². The second-order valence-corrected chi connectivity index (χ2v) is 7.33. The average molecular weight is 388 g/mol. The SMILES string of the molecule is [C-]#[N+]c1cc(-c2cc(C)c([N+]#[C-])c(C)c2)cc(C)c1-n1ccnc1-c1ccccc1. The van der Waals surface area contributed by atoms with Crippen LogP contribution in [0.2, 0.25) is 0 Å². The molecule has 0 atom stereocenters. The van der Waals surface area contributed by atoms with E-state index >= 15 is 0 Å². The molecule has 0 aliphatic carbocycles. The normalized spacial score (nSPS) is 10.4. The first kappa shape index (κ1) is 19.2. The van der Waals surface area contributed by atoms with Crippen LogP contribution in [0.15, 0.2) is 67.0 Å². The molecule has 0 saturated heterocycles. The minimum absolute atomic E-state index is 0.574. The van der Waals surface area contributed by atoms with Crippen LogP contribution in [-0.4, -0.2) is 9.55 Å². The molecule has 0 N–H and O–H groups in total. The first-order valence-electron chi connectivity index (χ1n) is 9.64. The summed E-state index contributed by atoms with van der Waals surface area (Å²) in [6.45, 7) is 21.1. The predicted molar refractivity (Wildman–Crippen MR) is 121 cm³/mol. The second kappa shape index (κ2) is 7.70. The van der Waals surface area contributed by atoms with Gasteiger partial charge in [0, 0.05) is 18.0 Å². The first-order chi connectivity index (χ1) is 14.5. The Kier molecular flexibility index (Phi) is 4.92. The Balaban J connectivity index is 1.88. The topological polar surface area (TPSA) is 26.5 Å². The Morgan fingerprint density at radius 1 is 0.767 bits per heavy atom. The fourth-order valence-corrected chi connectivity index (χ4v) is 3.91. The lowest BCUT2D eigenvalue weighted by Gasteiger charge is -2.16. The third-order valence-corrected chi connectivity index (χ3v) is 5.25. The summed E-state index contributed by atoms with van der Waals surface area (Å²) in [5.74, 6) is 0.810. The van der Waals surface area contributed by atoms with E-state index in [1.807, 2.05) is 80.1 Å². The Morgan fingerprint density at radius 3 is 2.03 bits per heavy atom. The highest BCUT2D eigenvalue weighted by Gasteiger charge is 2.16. The van der Waals surface area contributed by atoms with Gasteiger partial charge >= 0.3 is 0 Å². The zero-order chi connectivity index (χ0) is 21.3. The van der Waals surface area contributed by atoms with Crippen molar-refractivity contribution in [3.8, 4) is 28.2 Å². The fraction of sp³-hybridized carbons (Fsp3) is 0.115. The van der Waals surface area contributed by atoms with Crippen molar-refractivity contribution in [2.24, 2.45) is 0 Å². The summed E-state index contributed by atoms with van der Waals surface area (Å²) in [5, 5.41) is 0. The molecule has 0 radical (unpaired) electrons. The zero-order valence-electron chi connectivity index (χ0n) is 17.1. The van der Waals surface area contributed by atoms with Crippen molar-refractivity contribution >= 4 is 11.4 Å². The van der Waals surface area contributed by atoms with E-state index in [0.717, 1.165) is 44.9 Å². The Bertz CT molecular complexity index is 1310. The molecule has 3 aromatic carbocycles. The van der Waals surface area contributed by atoms with Gasteiger partial charge in [0.25, 0.3) is 0 Å². The van der Waals surface area contributed by atoms with Crippen molar-refractivity contribution in [1.29, 1.82) is 0 Å². The highest BCUT2D eigenvalue weighted by molar-refractivity contribution is 5.80. The summed E-state index contributed by atoms with van der Waals surface area (Å²) in [6.07, 6.45) is 3.66. The van der Waals surface area contributed by atoms with Crippen LogP contribution in [0, 0.1) is 33.9 Å². The van der Waals surface area contributed by atoms with Crippen molar-refractivity contribution in [3.05, 3.63) is 107 Å².